The minimum Gasteiger partial charge on any atom is -0.457 e. The normalized spacial score (nSPS) is 16.8. The molecule has 1 spiro atoms. The fourth-order valence-corrected chi connectivity index (χ4v) is 12.5. The van der Waals surface area contributed by atoms with Gasteiger partial charge >= 0.3 is 0 Å². The van der Waals surface area contributed by atoms with Gasteiger partial charge in [0, 0.05) is 44.2 Å². The van der Waals surface area contributed by atoms with Gasteiger partial charge in [-0.3, -0.25) is 5.32 Å². The van der Waals surface area contributed by atoms with Crippen molar-refractivity contribution in [2.24, 2.45) is 4.99 Å². The van der Waals surface area contributed by atoms with Crippen LogP contribution in [0.3, 0.4) is 0 Å². The second kappa shape index (κ2) is 19.1. The van der Waals surface area contributed by atoms with E-state index in [9.17, 15) is 0 Å². The largest absolute Gasteiger partial charge is 0.457 e. The predicted molar refractivity (Wildman–Crippen MR) is 318 cm³/mol. The summed E-state index contributed by atoms with van der Waals surface area (Å²) < 4.78 is 13.8. The number of unbranched alkanes of at least 4 members (excludes halogenated alkanes) is 1. The van der Waals surface area contributed by atoms with E-state index in [1.165, 1.54) is 27.8 Å². The number of hydrogen-bond donors (Lipinski definition) is 2. The van der Waals surface area contributed by atoms with Gasteiger partial charge in [0.2, 0.25) is 0 Å². The van der Waals surface area contributed by atoms with E-state index < -0.39 is 5.41 Å². The van der Waals surface area contributed by atoms with Crippen molar-refractivity contribution in [3.8, 4) is 67.7 Å². The number of fused-ring (bicyclic) bond motifs is 12. The predicted octanol–water partition coefficient (Wildman–Crippen LogP) is 17.2. The Balaban J connectivity index is 0.899. The van der Waals surface area contributed by atoms with Gasteiger partial charge in [-0.1, -0.05) is 214 Å². The number of ether oxygens (including phenoxy) is 1. The molecule has 0 saturated carbocycles. The molecule has 0 bridgehead atoms. The van der Waals surface area contributed by atoms with Crippen molar-refractivity contribution in [1.82, 2.24) is 20.6 Å². The summed E-state index contributed by atoms with van der Waals surface area (Å²) in [6.45, 7) is 2.27. The Hall–Kier alpha value is -9.69. The zero-order valence-electron chi connectivity index (χ0n) is 43.5. The van der Waals surface area contributed by atoms with E-state index in [2.05, 4.69) is 230 Å². The van der Waals surface area contributed by atoms with Crippen molar-refractivity contribution in [3.63, 3.8) is 0 Å². The van der Waals surface area contributed by atoms with Crippen LogP contribution in [0, 0.1) is 0 Å². The van der Waals surface area contributed by atoms with Gasteiger partial charge in [-0.15, -0.1) is 0 Å². The summed E-state index contributed by atoms with van der Waals surface area (Å²) in [4.78, 5) is 15.7. The number of furan rings is 1. The van der Waals surface area contributed by atoms with Gasteiger partial charge in [-0.25, -0.2) is 15.0 Å². The van der Waals surface area contributed by atoms with Gasteiger partial charge in [0.25, 0.3) is 0 Å². The van der Waals surface area contributed by atoms with Crippen LogP contribution in [0.15, 0.2) is 252 Å². The lowest BCUT2D eigenvalue weighted by atomic mass is 9.65. The van der Waals surface area contributed by atoms with E-state index in [4.69, 9.17) is 24.1 Å². The molecule has 7 nitrogen and oxygen atoms in total. The molecular weight excluding hydrogens is 967 g/mol. The molecule has 3 unspecified atom stereocenters. The molecule has 10 aromatic carbocycles. The highest BCUT2D eigenvalue weighted by atomic mass is 16.5. The fourth-order valence-electron chi connectivity index (χ4n) is 12.5. The first-order chi connectivity index (χ1) is 39.1. The third-order valence-electron chi connectivity index (χ3n) is 16.2. The van der Waals surface area contributed by atoms with Crippen molar-refractivity contribution >= 4 is 27.8 Å². The standard InChI is InChI=1S/C72H53N5O2/c1-2-3-19-45-32-36-53-54-37-33-51(50-35-39-63-56(41-50)67-55(28-18-31-65(67)78-63)71-76-69(48-24-12-6-13-25-48)75-70(77-71)49-26-14-7-15-27-49)42-60(54)72(59(53)40-45)57-29-16-17-30-64(57)79-66-43-52(34-38-58(66)72)62-44-61(46-20-8-4-9-21-46)73-68(74-62)47-22-10-5-11-23-47/h4-18,20-44,69-70,75H,2-3,19H2,1H3,(H,76,77). The lowest BCUT2D eigenvalue weighted by Gasteiger charge is -2.39. The van der Waals surface area contributed by atoms with Crippen LogP contribution in [0.1, 0.15) is 76.6 Å². The molecular formula is C72H53N5O2. The minimum absolute atomic E-state index is 0.173. The monoisotopic (exact) mass is 1020 g/mol. The molecule has 15 rings (SSSR count). The summed E-state index contributed by atoms with van der Waals surface area (Å²) in [5.74, 6) is 3.12. The number of nitrogens with one attached hydrogen (secondary N) is 2. The fraction of sp³-hybridized carbons (Fsp3) is 0.0972. The Kier molecular flexibility index (Phi) is 11.3. The van der Waals surface area contributed by atoms with Gasteiger partial charge in [0.05, 0.1) is 16.8 Å². The van der Waals surface area contributed by atoms with Crippen LogP contribution in [-0.2, 0) is 11.8 Å². The van der Waals surface area contributed by atoms with Crippen molar-refractivity contribution in [3.05, 3.63) is 287 Å². The van der Waals surface area contributed by atoms with E-state index in [0.29, 0.717) is 5.82 Å². The SMILES string of the molecule is CCCCc1ccc2c(c1)C1(c3ccccc3Oc3cc(-c4cc(-c5ccccc5)nc(-c5ccccc5)n4)ccc31)c1cc(-c3ccc4oc5cccc(C6=NC(c7ccccc7)NC(c7ccccc7)N6)c5c4c3)ccc1-2. The van der Waals surface area contributed by atoms with Gasteiger partial charge in [0.1, 0.15) is 40.8 Å². The Morgan fingerprint density at radius 3 is 1.90 bits per heavy atom. The second-order valence-electron chi connectivity index (χ2n) is 20.9. The smallest absolute Gasteiger partial charge is 0.160 e. The first kappa shape index (κ1) is 46.6. The molecule has 0 amide bonds. The average molecular weight is 1020 g/mol. The van der Waals surface area contributed by atoms with Gasteiger partial charge in [-0.2, -0.15) is 0 Å². The van der Waals surface area contributed by atoms with Gasteiger partial charge in [-0.05, 0) is 105 Å². The zero-order valence-corrected chi connectivity index (χ0v) is 43.5. The van der Waals surface area contributed by atoms with E-state index in [1.807, 2.05) is 30.3 Å². The Labute approximate surface area is 459 Å². The number of aliphatic imine (C=N–C) groups is 1. The third-order valence-corrected chi connectivity index (χ3v) is 16.2. The van der Waals surface area contributed by atoms with Crippen molar-refractivity contribution < 1.29 is 9.15 Å². The maximum Gasteiger partial charge on any atom is 0.160 e. The summed E-state index contributed by atoms with van der Waals surface area (Å²) in [6.07, 6.45) is 2.80. The molecule has 2 N–H and O–H groups in total. The number of amidine groups is 1. The number of aryl methyl sites for hydroxylation is 1. The van der Waals surface area contributed by atoms with Crippen LogP contribution in [0.25, 0.3) is 78.1 Å². The van der Waals surface area contributed by atoms with Crippen molar-refractivity contribution in [2.45, 2.75) is 43.9 Å². The Morgan fingerprint density at radius 2 is 1.11 bits per heavy atom. The summed E-state index contributed by atoms with van der Waals surface area (Å²) >= 11 is 0. The quantitative estimate of drug-likeness (QED) is 0.142. The van der Waals surface area contributed by atoms with Crippen LogP contribution >= 0.6 is 0 Å². The summed E-state index contributed by atoms with van der Waals surface area (Å²) in [5.41, 5.74) is 19.5. The summed E-state index contributed by atoms with van der Waals surface area (Å²) in [5, 5.41) is 9.61. The summed E-state index contributed by atoms with van der Waals surface area (Å²) in [7, 11) is 0. The highest BCUT2D eigenvalue weighted by Gasteiger charge is 2.51. The van der Waals surface area contributed by atoms with E-state index in [-0.39, 0.29) is 12.3 Å². The number of nitrogens with zero attached hydrogens (tertiary/aromatic N) is 3. The lowest BCUT2D eigenvalue weighted by Crippen LogP contribution is -2.45. The molecule has 79 heavy (non-hydrogen) atoms. The first-order valence-corrected chi connectivity index (χ1v) is 27.4. The number of aromatic nitrogens is 2. The molecule has 4 heterocycles. The number of para-hydroxylation sites is 1. The Bertz CT molecular complexity index is 4290. The van der Waals surface area contributed by atoms with E-state index in [1.54, 1.807) is 0 Å². The molecule has 3 atom stereocenters. The van der Waals surface area contributed by atoms with Crippen LogP contribution < -0.4 is 15.4 Å². The number of hydrogen-bond acceptors (Lipinski definition) is 7. The molecule has 7 heteroatoms. The molecule has 0 fully saturated rings. The van der Waals surface area contributed by atoms with Gasteiger partial charge < -0.3 is 14.5 Å². The Morgan fingerprint density at radius 1 is 0.468 bits per heavy atom. The molecule has 0 saturated heterocycles. The number of rotatable bonds is 10. The maximum absolute atomic E-state index is 7.13. The molecule has 3 aliphatic rings. The highest BCUT2D eigenvalue weighted by molar-refractivity contribution is 6.18. The topological polar surface area (TPSA) is 84.6 Å². The average Bonchev–Trinajstić information content (AvgIpc) is 4.18. The van der Waals surface area contributed by atoms with E-state index >= 15 is 0 Å². The molecule has 0 radical (unpaired) electrons. The molecule has 378 valence electrons. The number of benzene rings is 10. The van der Waals surface area contributed by atoms with Gasteiger partial charge in [0.15, 0.2) is 5.82 Å². The van der Waals surface area contributed by atoms with Crippen molar-refractivity contribution in [1.29, 1.82) is 0 Å². The summed E-state index contributed by atoms with van der Waals surface area (Å²) in [6, 6.07) is 86.2. The molecule has 2 aliphatic heterocycles. The van der Waals surface area contributed by atoms with Crippen molar-refractivity contribution in [2.75, 3.05) is 0 Å². The lowest BCUT2D eigenvalue weighted by molar-refractivity contribution is 0.409. The minimum atomic E-state index is -0.704. The van der Waals surface area contributed by atoms with Crippen LogP contribution in [-0.4, -0.2) is 15.8 Å². The first-order valence-electron chi connectivity index (χ1n) is 27.4. The molecule has 12 aromatic rings. The van der Waals surface area contributed by atoms with Crippen LogP contribution in [0.4, 0.5) is 0 Å². The zero-order chi connectivity index (χ0) is 52.4. The van der Waals surface area contributed by atoms with E-state index in [0.717, 1.165) is 126 Å². The second-order valence-corrected chi connectivity index (χ2v) is 20.9. The highest BCUT2D eigenvalue weighted by Crippen LogP contribution is 2.63. The van der Waals surface area contributed by atoms with Crippen LogP contribution in [0.5, 0.6) is 11.5 Å². The third kappa shape index (κ3) is 7.87. The maximum atomic E-state index is 7.13. The van der Waals surface area contributed by atoms with Crippen LogP contribution in [0.2, 0.25) is 0 Å². The molecule has 1 aliphatic carbocycles. The molecule has 2 aromatic heterocycles.